The second kappa shape index (κ2) is 11.0. The molecule has 0 amide bonds. The van der Waals surface area contributed by atoms with Crippen molar-refractivity contribution < 1.29 is 4.74 Å². The Morgan fingerprint density at radius 3 is 1.73 bits per heavy atom. The van der Waals surface area contributed by atoms with E-state index >= 15 is 0 Å². The largest absolute Gasteiger partial charge is 0.453 e. The van der Waals surface area contributed by atoms with Gasteiger partial charge in [0.05, 0.1) is 17.1 Å². The number of hydrogen-bond acceptors (Lipinski definition) is 3. The highest BCUT2D eigenvalue weighted by Gasteiger charge is 2.42. The molecule has 3 heteroatoms. The second-order valence-corrected chi connectivity index (χ2v) is 13.0. The average molecular weight is 619 g/mol. The van der Waals surface area contributed by atoms with Crippen molar-refractivity contribution >= 4 is 34.1 Å². The van der Waals surface area contributed by atoms with Crippen molar-refractivity contribution in [1.29, 1.82) is 0 Å². The average Bonchev–Trinajstić information content (AvgIpc) is 3.14. The number of benzene rings is 7. The number of rotatable bonds is 5. The minimum atomic E-state index is -0.251. The lowest BCUT2D eigenvalue weighted by Gasteiger charge is -2.45. The van der Waals surface area contributed by atoms with Gasteiger partial charge in [-0.1, -0.05) is 123 Å². The van der Waals surface area contributed by atoms with Gasteiger partial charge in [0.1, 0.15) is 0 Å². The molecule has 0 fully saturated rings. The van der Waals surface area contributed by atoms with Crippen LogP contribution in [-0.4, -0.2) is 0 Å². The van der Waals surface area contributed by atoms with Crippen molar-refractivity contribution in [2.45, 2.75) is 19.3 Å². The number of para-hydroxylation sites is 4. The topological polar surface area (TPSA) is 15.7 Å². The van der Waals surface area contributed by atoms with Gasteiger partial charge in [0, 0.05) is 22.5 Å². The monoisotopic (exact) mass is 618 g/mol. The number of anilines is 6. The maximum Gasteiger partial charge on any atom is 0.151 e. The molecule has 9 rings (SSSR count). The quantitative estimate of drug-likeness (QED) is 0.191. The molecule has 0 unspecified atom stereocenters. The second-order valence-electron chi connectivity index (χ2n) is 13.0. The summed E-state index contributed by atoms with van der Waals surface area (Å²) in [6, 6.07) is 60.5. The van der Waals surface area contributed by atoms with Crippen LogP contribution < -0.4 is 14.5 Å². The Morgan fingerprint density at radius 2 is 1.00 bits per heavy atom. The molecule has 2 heterocycles. The van der Waals surface area contributed by atoms with Gasteiger partial charge in [-0.25, -0.2) is 0 Å². The standard InChI is InChI=1S/C45H34N2O/c1-45(2)38-18-12-22-42-44(38)47(39-19-9-10-21-41(39)48-42)40-20-11-17-37(43(40)45)33-25-29-36(30-26-33)46(34-15-7-4-8-16-34)35-27-23-32(24-28-35)31-13-5-3-6-14-31/h3-30H,1-2H3. The first-order valence-corrected chi connectivity index (χ1v) is 16.5. The Balaban J connectivity index is 1.15. The first kappa shape index (κ1) is 28.2. The van der Waals surface area contributed by atoms with E-state index in [9.17, 15) is 0 Å². The molecule has 0 aromatic heterocycles. The van der Waals surface area contributed by atoms with Crippen molar-refractivity contribution in [2.24, 2.45) is 0 Å². The molecule has 48 heavy (non-hydrogen) atoms. The highest BCUT2D eigenvalue weighted by atomic mass is 16.5. The van der Waals surface area contributed by atoms with E-state index < -0.39 is 0 Å². The Kier molecular flexibility index (Phi) is 6.48. The molecule has 2 aliphatic rings. The third-order valence-corrected chi connectivity index (χ3v) is 9.81. The van der Waals surface area contributed by atoms with Crippen molar-refractivity contribution in [1.82, 2.24) is 0 Å². The molecule has 0 atom stereocenters. The summed E-state index contributed by atoms with van der Waals surface area (Å²) >= 11 is 0. The third kappa shape index (κ3) is 4.43. The molecule has 230 valence electrons. The summed E-state index contributed by atoms with van der Waals surface area (Å²) in [6.07, 6.45) is 0. The van der Waals surface area contributed by atoms with E-state index in [1.54, 1.807) is 0 Å². The fourth-order valence-corrected chi connectivity index (χ4v) is 7.56. The van der Waals surface area contributed by atoms with Gasteiger partial charge in [0.25, 0.3) is 0 Å². The van der Waals surface area contributed by atoms with Gasteiger partial charge in [-0.05, 0) is 94.0 Å². The first-order valence-electron chi connectivity index (χ1n) is 16.5. The zero-order valence-electron chi connectivity index (χ0n) is 27.0. The number of hydrogen-bond donors (Lipinski definition) is 0. The molecule has 0 N–H and O–H groups in total. The van der Waals surface area contributed by atoms with Crippen molar-refractivity contribution in [3.63, 3.8) is 0 Å². The zero-order chi connectivity index (χ0) is 32.2. The molecule has 3 nitrogen and oxygen atoms in total. The Morgan fingerprint density at radius 1 is 0.458 bits per heavy atom. The van der Waals surface area contributed by atoms with Crippen LogP contribution in [0.4, 0.5) is 34.1 Å². The molecule has 7 aromatic carbocycles. The van der Waals surface area contributed by atoms with Gasteiger partial charge >= 0.3 is 0 Å². The van der Waals surface area contributed by atoms with Crippen molar-refractivity contribution in [2.75, 3.05) is 9.80 Å². The SMILES string of the molecule is CC1(C)c2cccc3c2N(c2ccccc2O3)c2cccc(-c3ccc(N(c4ccccc4)c4ccc(-c5ccccc5)cc4)cc3)c21. The predicted octanol–water partition coefficient (Wildman–Crippen LogP) is 12.7. The normalized spacial score (nSPS) is 13.5. The Bertz CT molecular complexity index is 2270. The molecular weight excluding hydrogens is 585 g/mol. The molecular formula is C45H34N2O. The lowest BCUT2D eigenvalue weighted by molar-refractivity contribution is 0.471. The number of fused-ring (bicyclic) bond motifs is 4. The number of ether oxygens (including phenoxy) is 1. The molecule has 2 aliphatic heterocycles. The summed E-state index contributed by atoms with van der Waals surface area (Å²) in [5, 5.41) is 0. The predicted molar refractivity (Wildman–Crippen MR) is 199 cm³/mol. The lowest BCUT2D eigenvalue weighted by atomic mass is 9.70. The van der Waals surface area contributed by atoms with E-state index in [1.807, 2.05) is 6.07 Å². The summed E-state index contributed by atoms with van der Waals surface area (Å²) in [5.41, 5.74) is 13.9. The van der Waals surface area contributed by atoms with Crippen LogP contribution >= 0.6 is 0 Å². The molecule has 0 aliphatic carbocycles. The van der Waals surface area contributed by atoms with Crippen LogP contribution in [0, 0.1) is 0 Å². The van der Waals surface area contributed by atoms with Crippen LogP contribution in [0.2, 0.25) is 0 Å². The molecule has 0 saturated carbocycles. The molecule has 0 bridgehead atoms. The van der Waals surface area contributed by atoms with E-state index in [2.05, 4.69) is 187 Å². The summed E-state index contributed by atoms with van der Waals surface area (Å²) < 4.78 is 6.44. The van der Waals surface area contributed by atoms with Crippen LogP contribution in [0.5, 0.6) is 11.5 Å². The summed E-state index contributed by atoms with van der Waals surface area (Å²) in [4.78, 5) is 4.73. The van der Waals surface area contributed by atoms with Crippen LogP contribution in [0.1, 0.15) is 25.0 Å². The van der Waals surface area contributed by atoms with Gasteiger partial charge in [-0.2, -0.15) is 0 Å². The minimum Gasteiger partial charge on any atom is -0.453 e. The van der Waals surface area contributed by atoms with Crippen molar-refractivity contribution in [3.8, 4) is 33.8 Å². The van der Waals surface area contributed by atoms with Crippen molar-refractivity contribution in [3.05, 3.63) is 181 Å². The van der Waals surface area contributed by atoms with E-state index in [4.69, 9.17) is 4.74 Å². The summed E-state index contributed by atoms with van der Waals surface area (Å²) in [5.74, 6) is 1.78. The molecule has 0 saturated heterocycles. The molecule has 0 spiro atoms. The first-order chi connectivity index (χ1) is 23.6. The maximum absolute atomic E-state index is 6.44. The molecule has 7 aromatic rings. The van der Waals surface area contributed by atoms with Crippen LogP contribution in [-0.2, 0) is 5.41 Å². The van der Waals surface area contributed by atoms with E-state index in [0.29, 0.717) is 0 Å². The van der Waals surface area contributed by atoms with Gasteiger partial charge < -0.3 is 14.5 Å². The third-order valence-electron chi connectivity index (χ3n) is 9.81. The fraction of sp³-hybridized carbons (Fsp3) is 0.0667. The van der Waals surface area contributed by atoms with Gasteiger partial charge in [0.2, 0.25) is 0 Å². The van der Waals surface area contributed by atoms with E-state index in [1.165, 1.54) is 39.1 Å². The van der Waals surface area contributed by atoms with Gasteiger partial charge in [-0.3, -0.25) is 0 Å². The van der Waals surface area contributed by atoms with Crippen LogP contribution in [0.3, 0.4) is 0 Å². The van der Waals surface area contributed by atoms with Gasteiger partial charge in [0.15, 0.2) is 11.5 Å². The fourth-order valence-electron chi connectivity index (χ4n) is 7.56. The lowest BCUT2D eigenvalue weighted by Crippen LogP contribution is -2.32. The minimum absolute atomic E-state index is 0.251. The Hall–Kier alpha value is -6.06. The van der Waals surface area contributed by atoms with Gasteiger partial charge in [-0.15, -0.1) is 0 Å². The highest BCUT2D eigenvalue weighted by Crippen LogP contribution is 2.61. The zero-order valence-corrected chi connectivity index (χ0v) is 27.0. The molecule has 0 radical (unpaired) electrons. The summed E-state index contributed by atoms with van der Waals surface area (Å²) in [6.45, 7) is 4.68. The van der Waals surface area contributed by atoms with E-state index in [0.717, 1.165) is 39.9 Å². The van der Waals surface area contributed by atoms with E-state index in [-0.39, 0.29) is 5.41 Å². The summed E-state index contributed by atoms with van der Waals surface area (Å²) in [7, 11) is 0. The number of nitrogens with zero attached hydrogens (tertiary/aromatic N) is 2. The van der Waals surface area contributed by atoms with Crippen LogP contribution in [0.15, 0.2) is 170 Å². The smallest absolute Gasteiger partial charge is 0.151 e. The van der Waals surface area contributed by atoms with Crippen LogP contribution in [0.25, 0.3) is 22.3 Å². The Labute approximate surface area is 281 Å². The maximum atomic E-state index is 6.44. The highest BCUT2D eigenvalue weighted by molar-refractivity contribution is 5.96.